The van der Waals surface area contributed by atoms with E-state index in [-0.39, 0.29) is 0 Å². The van der Waals surface area contributed by atoms with Gasteiger partial charge < -0.3 is 20.4 Å². The summed E-state index contributed by atoms with van der Waals surface area (Å²) in [6.07, 6.45) is -2.33. The predicted octanol–water partition coefficient (Wildman–Crippen LogP) is -1.37. The highest BCUT2D eigenvalue weighted by molar-refractivity contribution is 4.02. The first kappa shape index (κ1) is 10.8. The molecule has 0 unspecified atom stereocenters. The molecule has 0 aliphatic heterocycles. The Hall–Kier alpha value is -0.160. The highest BCUT2D eigenvalue weighted by Crippen LogP contribution is 1.58. The molecule has 0 saturated heterocycles. The topological polar surface area (TPSA) is 80.9 Å². The van der Waals surface area contributed by atoms with Gasteiger partial charge in [-0.15, -0.1) is 0 Å². The second-order valence-electron chi connectivity index (χ2n) is 1.26. The normalized spacial score (nSPS) is 9.00. The maximum Gasteiger partial charge on any atom is 0.148 e. The fourth-order valence-electron chi connectivity index (χ4n) is 0. The highest BCUT2D eigenvalue weighted by atomic mass is 16.5. The SMILES string of the molecule is CC(O)O.CC(O)O. The summed E-state index contributed by atoms with van der Waals surface area (Å²) < 4.78 is 0. The molecule has 0 atom stereocenters. The number of rotatable bonds is 0. The van der Waals surface area contributed by atoms with Gasteiger partial charge in [0.05, 0.1) is 0 Å². The molecule has 0 aliphatic rings. The van der Waals surface area contributed by atoms with Crippen molar-refractivity contribution in [2.24, 2.45) is 0 Å². The Morgan fingerprint density at radius 2 is 0.750 bits per heavy atom. The van der Waals surface area contributed by atoms with Gasteiger partial charge in [-0.25, -0.2) is 0 Å². The summed E-state index contributed by atoms with van der Waals surface area (Å²) in [4.78, 5) is 0. The summed E-state index contributed by atoms with van der Waals surface area (Å²) in [6.45, 7) is 2.56. The van der Waals surface area contributed by atoms with Crippen LogP contribution >= 0.6 is 0 Å². The molecule has 0 heterocycles. The third-order valence-corrected chi connectivity index (χ3v) is 0. The van der Waals surface area contributed by atoms with Crippen LogP contribution in [0.25, 0.3) is 0 Å². The third kappa shape index (κ3) is 5340. The Morgan fingerprint density at radius 1 is 0.750 bits per heavy atom. The zero-order chi connectivity index (χ0) is 7.15. The van der Waals surface area contributed by atoms with E-state index in [9.17, 15) is 0 Å². The summed E-state index contributed by atoms with van der Waals surface area (Å²) in [5.41, 5.74) is 0. The summed E-state index contributed by atoms with van der Waals surface area (Å²) >= 11 is 0. The Kier molecular flexibility index (Phi) is 9.20. The lowest BCUT2D eigenvalue weighted by Gasteiger charge is -1.80. The van der Waals surface area contributed by atoms with Crippen LogP contribution < -0.4 is 0 Å². The first-order valence-corrected chi connectivity index (χ1v) is 2.19. The van der Waals surface area contributed by atoms with Crippen LogP contribution in [0.1, 0.15) is 13.8 Å². The van der Waals surface area contributed by atoms with Crippen LogP contribution in [0.2, 0.25) is 0 Å². The smallest absolute Gasteiger partial charge is 0.148 e. The first-order chi connectivity index (χ1) is 3.46. The van der Waals surface area contributed by atoms with E-state index in [2.05, 4.69) is 0 Å². The second-order valence-corrected chi connectivity index (χ2v) is 1.26. The molecule has 0 amide bonds. The van der Waals surface area contributed by atoms with Crippen molar-refractivity contribution in [3.8, 4) is 0 Å². The molecule has 0 aromatic rings. The van der Waals surface area contributed by atoms with Gasteiger partial charge in [0.25, 0.3) is 0 Å². The van der Waals surface area contributed by atoms with Crippen molar-refractivity contribution in [3.05, 3.63) is 0 Å². The van der Waals surface area contributed by atoms with E-state index >= 15 is 0 Å². The van der Waals surface area contributed by atoms with Crippen molar-refractivity contribution in [1.82, 2.24) is 0 Å². The molecule has 52 valence electrons. The fraction of sp³-hybridized carbons (Fsp3) is 1.00. The van der Waals surface area contributed by atoms with Gasteiger partial charge in [0.2, 0.25) is 0 Å². The average molecular weight is 124 g/mol. The third-order valence-electron chi connectivity index (χ3n) is 0. The molecule has 0 fully saturated rings. The summed E-state index contributed by atoms with van der Waals surface area (Å²) in [5.74, 6) is 0. The minimum Gasteiger partial charge on any atom is -0.368 e. The minimum absolute atomic E-state index is 1.17. The molecular formula is C4H12O4. The van der Waals surface area contributed by atoms with Crippen LogP contribution in [0.4, 0.5) is 0 Å². The summed E-state index contributed by atoms with van der Waals surface area (Å²) in [7, 11) is 0. The fourth-order valence-corrected chi connectivity index (χ4v) is 0. The zero-order valence-corrected chi connectivity index (χ0v) is 4.94. The molecule has 0 aliphatic carbocycles. The molecule has 0 spiro atoms. The summed E-state index contributed by atoms with van der Waals surface area (Å²) in [5, 5.41) is 30.4. The van der Waals surface area contributed by atoms with Gasteiger partial charge in [0.15, 0.2) is 0 Å². The molecule has 4 heteroatoms. The molecule has 0 aromatic heterocycles. The number of hydrogen-bond acceptors (Lipinski definition) is 4. The quantitative estimate of drug-likeness (QED) is 0.300. The van der Waals surface area contributed by atoms with Crippen molar-refractivity contribution in [3.63, 3.8) is 0 Å². The van der Waals surface area contributed by atoms with Crippen molar-refractivity contribution < 1.29 is 20.4 Å². The first-order valence-electron chi connectivity index (χ1n) is 2.19. The van der Waals surface area contributed by atoms with E-state index in [1.54, 1.807) is 0 Å². The van der Waals surface area contributed by atoms with Crippen LogP contribution in [-0.4, -0.2) is 33.0 Å². The standard InChI is InChI=1S/2C2H6O2/c2*1-2(3)4/h2*2-4H,1H3. The lowest BCUT2D eigenvalue weighted by Crippen LogP contribution is -1.92. The van der Waals surface area contributed by atoms with E-state index in [0.717, 1.165) is 0 Å². The average Bonchev–Trinajstić information content (AvgIpc) is 1.25. The van der Waals surface area contributed by atoms with Crippen LogP contribution in [0.5, 0.6) is 0 Å². The molecular weight excluding hydrogens is 112 g/mol. The molecule has 4 N–H and O–H groups in total. The Morgan fingerprint density at radius 3 is 0.750 bits per heavy atom. The molecule has 0 bridgehead atoms. The van der Waals surface area contributed by atoms with Gasteiger partial charge in [-0.2, -0.15) is 0 Å². The van der Waals surface area contributed by atoms with Crippen LogP contribution in [0.3, 0.4) is 0 Å². The minimum atomic E-state index is -1.17. The van der Waals surface area contributed by atoms with E-state index in [1.807, 2.05) is 0 Å². The van der Waals surface area contributed by atoms with Gasteiger partial charge in [-0.3, -0.25) is 0 Å². The number of aliphatic hydroxyl groups excluding tert-OH is 2. The molecule has 8 heavy (non-hydrogen) atoms. The largest absolute Gasteiger partial charge is 0.368 e. The Bertz CT molecular complexity index is 23.5. The maximum atomic E-state index is 7.61. The second kappa shape index (κ2) is 6.84. The Balaban J connectivity index is 0. The van der Waals surface area contributed by atoms with Crippen LogP contribution in [0, 0.1) is 0 Å². The molecule has 0 rings (SSSR count). The van der Waals surface area contributed by atoms with Gasteiger partial charge in [-0.1, -0.05) is 0 Å². The molecule has 0 radical (unpaired) electrons. The van der Waals surface area contributed by atoms with E-state index in [0.29, 0.717) is 0 Å². The van der Waals surface area contributed by atoms with Gasteiger partial charge in [0, 0.05) is 0 Å². The molecule has 0 aromatic carbocycles. The van der Waals surface area contributed by atoms with Gasteiger partial charge in [-0.05, 0) is 13.8 Å². The highest BCUT2D eigenvalue weighted by Gasteiger charge is 1.70. The monoisotopic (exact) mass is 124 g/mol. The van der Waals surface area contributed by atoms with Crippen molar-refractivity contribution in [2.75, 3.05) is 0 Å². The van der Waals surface area contributed by atoms with Crippen molar-refractivity contribution >= 4 is 0 Å². The van der Waals surface area contributed by atoms with Crippen molar-refractivity contribution in [2.45, 2.75) is 26.4 Å². The lowest BCUT2D eigenvalue weighted by atomic mass is 10.8. The number of aliphatic hydroxyl groups is 4. The van der Waals surface area contributed by atoms with E-state index in [1.165, 1.54) is 13.8 Å². The lowest BCUT2D eigenvalue weighted by molar-refractivity contribution is -0.0235. The zero-order valence-electron chi connectivity index (χ0n) is 4.94. The van der Waals surface area contributed by atoms with E-state index < -0.39 is 12.6 Å². The maximum absolute atomic E-state index is 7.61. The van der Waals surface area contributed by atoms with Gasteiger partial charge >= 0.3 is 0 Å². The van der Waals surface area contributed by atoms with Crippen molar-refractivity contribution in [1.29, 1.82) is 0 Å². The van der Waals surface area contributed by atoms with Crippen LogP contribution in [-0.2, 0) is 0 Å². The van der Waals surface area contributed by atoms with Crippen LogP contribution in [0.15, 0.2) is 0 Å². The molecule has 4 nitrogen and oxygen atoms in total. The summed E-state index contributed by atoms with van der Waals surface area (Å²) in [6, 6.07) is 0. The number of hydrogen-bond donors (Lipinski definition) is 4. The Labute approximate surface area is 48.0 Å². The van der Waals surface area contributed by atoms with Gasteiger partial charge in [0.1, 0.15) is 12.6 Å². The predicted molar refractivity (Wildman–Crippen MR) is 27.8 cm³/mol. The molecule has 0 saturated carbocycles. The van der Waals surface area contributed by atoms with E-state index in [4.69, 9.17) is 20.4 Å².